The highest BCUT2D eigenvalue weighted by molar-refractivity contribution is 7.98. The third kappa shape index (κ3) is 14.5. The molecule has 0 aliphatic carbocycles. The summed E-state index contributed by atoms with van der Waals surface area (Å²) in [4.78, 5) is 89.5. The highest BCUT2D eigenvalue weighted by Gasteiger charge is 2.32. The van der Waals surface area contributed by atoms with Crippen LogP contribution < -0.4 is 31.9 Å². The Morgan fingerprint density at radius 1 is 0.784 bits per heavy atom. The minimum Gasteiger partial charge on any atom is -0.480 e. The summed E-state index contributed by atoms with van der Waals surface area (Å²) >= 11 is 1.44. The zero-order valence-corrected chi connectivity index (χ0v) is 29.9. The molecule has 0 radical (unpaired) electrons. The number of carbonyl (C=O) groups excluding carboxylic acids is 6. The van der Waals surface area contributed by atoms with Crippen LogP contribution in [0.25, 0.3) is 0 Å². The zero-order valence-electron chi connectivity index (χ0n) is 29.1. The van der Waals surface area contributed by atoms with E-state index in [1.54, 1.807) is 24.3 Å². The molecule has 6 amide bonds. The van der Waals surface area contributed by atoms with Crippen molar-refractivity contribution in [1.29, 1.82) is 0 Å². The summed E-state index contributed by atoms with van der Waals surface area (Å²) in [5.41, 5.74) is 1.54. The first-order valence-corrected chi connectivity index (χ1v) is 18.3. The normalized spacial score (nSPS) is 16.2. The maximum absolute atomic E-state index is 13.8. The summed E-state index contributed by atoms with van der Waals surface area (Å²) in [7, 11) is 0. The van der Waals surface area contributed by atoms with E-state index in [0.717, 1.165) is 11.1 Å². The van der Waals surface area contributed by atoms with Crippen molar-refractivity contribution in [3.63, 3.8) is 0 Å². The largest absolute Gasteiger partial charge is 0.480 e. The highest BCUT2D eigenvalue weighted by atomic mass is 32.2. The van der Waals surface area contributed by atoms with Crippen molar-refractivity contribution in [2.45, 2.75) is 89.1 Å². The molecule has 1 fully saturated rings. The quantitative estimate of drug-likeness (QED) is 0.0767. The summed E-state index contributed by atoms with van der Waals surface area (Å²) in [6.07, 6.45) is 1.35. The average Bonchev–Trinajstić information content (AvgIpc) is 3.52. The predicted molar refractivity (Wildman–Crippen MR) is 192 cm³/mol. The van der Waals surface area contributed by atoms with Gasteiger partial charge in [0.25, 0.3) is 0 Å². The molecule has 14 nitrogen and oxygen atoms in total. The average molecular weight is 725 g/mol. The van der Waals surface area contributed by atoms with Crippen LogP contribution in [0.3, 0.4) is 0 Å². The summed E-state index contributed by atoms with van der Waals surface area (Å²) in [5.74, 6) is -4.22. The van der Waals surface area contributed by atoms with Gasteiger partial charge in [0.1, 0.15) is 36.8 Å². The van der Waals surface area contributed by atoms with Gasteiger partial charge < -0.3 is 37.0 Å². The van der Waals surface area contributed by atoms with Crippen molar-refractivity contribution < 1.29 is 38.7 Å². The molecule has 7 N–H and O–H groups in total. The molecule has 51 heavy (non-hydrogen) atoms. The Balaban J connectivity index is 1.72. The second kappa shape index (κ2) is 20.7. The van der Waals surface area contributed by atoms with Gasteiger partial charge >= 0.3 is 5.97 Å². The van der Waals surface area contributed by atoms with E-state index in [1.165, 1.54) is 11.8 Å². The molecule has 5 atom stereocenters. The molecular formula is C36H48N6O8S. The summed E-state index contributed by atoms with van der Waals surface area (Å²) < 4.78 is 0. The second-order valence-electron chi connectivity index (χ2n) is 12.8. The van der Waals surface area contributed by atoms with E-state index in [-0.39, 0.29) is 43.9 Å². The van der Waals surface area contributed by atoms with Crippen LogP contribution in [0, 0.1) is 5.92 Å². The number of rotatable bonds is 20. The maximum atomic E-state index is 13.8. The SMILES string of the molecule is CSCCC(NC(=O)C(CC(C)C)NC(=O)CC(=O)NC(Cc1ccccc1)NC(=O)C(Cc1ccccc1)NC(=O)C1CCC(=O)N1)C(=O)O. The van der Waals surface area contributed by atoms with Gasteiger partial charge in [0.15, 0.2) is 0 Å². The van der Waals surface area contributed by atoms with E-state index in [9.17, 15) is 38.7 Å². The summed E-state index contributed by atoms with van der Waals surface area (Å²) in [5, 5.41) is 25.4. The molecule has 1 aliphatic heterocycles. The number of amides is 6. The number of hydrogen-bond donors (Lipinski definition) is 7. The Kier molecular flexibility index (Phi) is 16.4. The molecule has 0 spiro atoms. The fourth-order valence-corrected chi connectivity index (χ4v) is 5.98. The van der Waals surface area contributed by atoms with Crippen LogP contribution in [-0.2, 0) is 46.4 Å². The first-order chi connectivity index (χ1) is 24.3. The first kappa shape index (κ1) is 40.5. The van der Waals surface area contributed by atoms with Crippen LogP contribution >= 0.6 is 11.8 Å². The third-order valence-electron chi connectivity index (χ3n) is 8.07. The monoisotopic (exact) mass is 724 g/mol. The summed E-state index contributed by atoms with van der Waals surface area (Å²) in [6.45, 7) is 3.69. The Morgan fingerprint density at radius 2 is 1.37 bits per heavy atom. The van der Waals surface area contributed by atoms with E-state index < -0.39 is 72.3 Å². The number of aliphatic carboxylic acids is 1. The van der Waals surface area contributed by atoms with Crippen LogP contribution in [0.1, 0.15) is 57.1 Å². The fourth-order valence-electron chi connectivity index (χ4n) is 5.51. The smallest absolute Gasteiger partial charge is 0.326 e. The van der Waals surface area contributed by atoms with Gasteiger partial charge in [-0.2, -0.15) is 11.8 Å². The Hall–Kier alpha value is -4.92. The molecule has 15 heteroatoms. The third-order valence-corrected chi connectivity index (χ3v) is 8.71. The number of carboxylic acid groups (broad SMARTS) is 1. The Morgan fingerprint density at radius 3 is 1.92 bits per heavy atom. The molecule has 0 bridgehead atoms. The second-order valence-corrected chi connectivity index (χ2v) is 13.8. The topological polar surface area (TPSA) is 212 Å². The molecule has 5 unspecified atom stereocenters. The van der Waals surface area contributed by atoms with Crippen molar-refractivity contribution in [1.82, 2.24) is 31.9 Å². The van der Waals surface area contributed by atoms with Gasteiger partial charge in [-0.15, -0.1) is 0 Å². The van der Waals surface area contributed by atoms with E-state index in [4.69, 9.17) is 0 Å². The van der Waals surface area contributed by atoms with Crippen LogP contribution in [0.15, 0.2) is 60.7 Å². The van der Waals surface area contributed by atoms with E-state index in [1.807, 2.05) is 56.5 Å². The van der Waals surface area contributed by atoms with Crippen molar-refractivity contribution in [3.05, 3.63) is 71.8 Å². The molecule has 1 saturated heterocycles. The first-order valence-electron chi connectivity index (χ1n) is 16.9. The van der Waals surface area contributed by atoms with E-state index in [2.05, 4.69) is 31.9 Å². The van der Waals surface area contributed by atoms with Crippen LogP contribution in [0.5, 0.6) is 0 Å². The lowest BCUT2D eigenvalue weighted by molar-refractivity contribution is -0.142. The standard InChI is InChI=1S/C36H48N6O8S/c1-22(2)18-27(34(47)39-26(36(49)50)16-17-51-3)38-31(44)21-32(45)41-29(20-24-12-8-5-9-13-24)42-35(48)28(19-23-10-6-4-7-11-23)40-33(46)25-14-15-30(43)37-25/h4-13,22,25-29H,14-21H2,1-3H3,(H,37,43)(H,38,44)(H,39,47)(H,40,46)(H,41,45)(H,42,48)(H,49,50). The zero-order chi connectivity index (χ0) is 37.3. The maximum Gasteiger partial charge on any atom is 0.326 e. The van der Waals surface area contributed by atoms with Gasteiger partial charge in [-0.1, -0.05) is 74.5 Å². The minimum atomic E-state index is -1.19. The molecule has 276 valence electrons. The lowest BCUT2D eigenvalue weighted by Crippen LogP contribution is -2.58. The van der Waals surface area contributed by atoms with Gasteiger partial charge in [0.2, 0.25) is 35.4 Å². The highest BCUT2D eigenvalue weighted by Crippen LogP contribution is 2.11. The Bertz CT molecular complexity index is 1510. The van der Waals surface area contributed by atoms with Gasteiger partial charge in [0, 0.05) is 19.3 Å². The molecule has 2 aromatic carbocycles. The van der Waals surface area contributed by atoms with Crippen LogP contribution in [0.2, 0.25) is 0 Å². The van der Waals surface area contributed by atoms with Crippen molar-refractivity contribution in [3.8, 4) is 0 Å². The fraction of sp³-hybridized carbons (Fsp3) is 0.472. The van der Waals surface area contributed by atoms with E-state index >= 15 is 0 Å². The van der Waals surface area contributed by atoms with Crippen molar-refractivity contribution >= 4 is 53.2 Å². The molecule has 1 aliphatic rings. The lowest BCUT2D eigenvalue weighted by atomic mass is 10.0. The molecule has 0 aromatic heterocycles. The minimum absolute atomic E-state index is 0.0379. The number of benzene rings is 2. The molecule has 0 saturated carbocycles. The van der Waals surface area contributed by atoms with Crippen molar-refractivity contribution in [2.75, 3.05) is 12.0 Å². The van der Waals surface area contributed by atoms with Gasteiger partial charge in [-0.05, 0) is 48.3 Å². The predicted octanol–water partition coefficient (Wildman–Crippen LogP) is 1.04. The number of carboxylic acids is 1. The number of carbonyl (C=O) groups is 7. The number of hydrogen-bond acceptors (Lipinski definition) is 8. The molecular weight excluding hydrogens is 676 g/mol. The molecule has 2 aromatic rings. The number of thioether (sulfide) groups is 1. The van der Waals surface area contributed by atoms with E-state index in [0.29, 0.717) is 12.2 Å². The molecule has 3 rings (SSSR count). The Labute approximate surface area is 302 Å². The number of nitrogens with one attached hydrogen (secondary N) is 6. The van der Waals surface area contributed by atoms with Gasteiger partial charge in [0.05, 0.1) is 0 Å². The molecule has 1 heterocycles. The van der Waals surface area contributed by atoms with Crippen LogP contribution in [-0.4, -0.2) is 88.9 Å². The van der Waals surface area contributed by atoms with Gasteiger partial charge in [-0.3, -0.25) is 28.8 Å². The summed E-state index contributed by atoms with van der Waals surface area (Å²) in [6, 6.07) is 14.1. The van der Waals surface area contributed by atoms with Crippen molar-refractivity contribution in [2.24, 2.45) is 5.92 Å². The van der Waals surface area contributed by atoms with Crippen LogP contribution in [0.4, 0.5) is 0 Å². The van der Waals surface area contributed by atoms with Gasteiger partial charge in [-0.25, -0.2) is 4.79 Å². The lowest BCUT2D eigenvalue weighted by Gasteiger charge is -2.26.